The molecule has 1 amide bonds. The van der Waals surface area contributed by atoms with Gasteiger partial charge in [0.05, 0.1) is 25.4 Å². The lowest BCUT2D eigenvalue weighted by atomic mass is 9.98. The number of nitrogens with zero attached hydrogens (tertiary/aromatic N) is 4. The van der Waals surface area contributed by atoms with Gasteiger partial charge in [0.15, 0.2) is 0 Å². The molecule has 7 heteroatoms. The highest BCUT2D eigenvalue weighted by Gasteiger charge is 2.35. The van der Waals surface area contributed by atoms with Crippen LogP contribution < -0.4 is 4.74 Å². The zero-order valence-electron chi connectivity index (χ0n) is 17.4. The predicted octanol–water partition coefficient (Wildman–Crippen LogP) is 3.27. The van der Waals surface area contributed by atoms with Gasteiger partial charge in [-0.3, -0.25) is 9.69 Å². The van der Waals surface area contributed by atoms with Crippen LogP contribution in [0.2, 0.25) is 5.02 Å². The Kier molecular flexibility index (Phi) is 6.37. The molecule has 0 aliphatic carbocycles. The summed E-state index contributed by atoms with van der Waals surface area (Å²) < 4.78 is 5.53. The maximum atomic E-state index is 13.3. The zero-order valence-corrected chi connectivity index (χ0v) is 18.2. The topological polar surface area (TPSA) is 48.4 Å². The monoisotopic (exact) mass is 426 g/mol. The molecule has 0 N–H and O–H groups in total. The van der Waals surface area contributed by atoms with Crippen LogP contribution in [0.4, 0.5) is 0 Å². The third kappa shape index (κ3) is 4.36. The lowest BCUT2D eigenvalue weighted by Gasteiger charge is -2.33. The summed E-state index contributed by atoms with van der Waals surface area (Å²) in [5.74, 6) is 0.747. The number of piperazine rings is 1. The first-order chi connectivity index (χ1) is 14.6. The summed E-state index contributed by atoms with van der Waals surface area (Å²) in [4.78, 5) is 17.8. The number of halogens is 1. The summed E-state index contributed by atoms with van der Waals surface area (Å²) >= 11 is 6.50. The van der Waals surface area contributed by atoms with Gasteiger partial charge in [0.2, 0.25) is 0 Å². The van der Waals surface area contributed by atoms with Crippen molar-refractivity contribution >= 4 is 23.2 Å². The smallest absolute Gasteiger partial charge is 0.257 e. The van der Waals surface area contributed by atoms with E-state index in [2.05, 4.69) is 16.8 Å². The molecular formula is C23H27ClN4O2. The number of amides is 1. The molecule has 0 spiro atoms. The maximum Gasteiger partial charge on any atom is 0.257 e. The molecule has 2 aliphatic rings. The Hall–Kier alpha value is -2.41. The fraction of sp³-hybridized carbons (Fsp3) is 0.391. The van der Waals surface area contributed by atoms with Gasteiger partial charge in [-0.1, -0.05) is 41.9 Å². The van der Waals surface area contributed by atoms with Crippen molar-refractivity contribution in [3.05, 3.63) is 64.7 Å². The van der Waals surface area contributed by atoms with Gasteiger partial charge in [0, 0.05) is 43.2 Å². The highest BCUT2D eigenvalue weighted by molar-refractivity contribution is 6.31. The first kappa shape index (κ1) is 20.8. The van der Waals surface area contributed by atoms with Gasteiger partial charge in [-0.2, -0.15) is 5.10 Å². The molecule has 0 radical (unpaired) electrons. The Morgan fingerprint density at radius 1 is 1.10 bits per heavy atom. The number of carbonyl (C=O) groups is 1. The highest BCUT2D eigenvalue weighted by atomic mass is 35.5. The third-order valence-corrected chi connectivity index (χ3v) is 6.15. The van der Waals surface area contributed by atoms with E-state index in [4.69, 9.17) is 21.4 Å². The minimum Gasteiger partial charge on any atom is -0.496 e. The minimum atomic E-state index is -0.224. The second-order valence-electron chi connectivity index (χ2n) is 7.81. The summed E-state index contributed by atoms with van der Waals surface area (Å²) in [6, 6.07) is 15.3. The molecule has 2 aliphatic heterocycles. The molecule has 6 nitrogen and oxygen atoms in total. The normalized spacial score (nSPS) is 20.3. The predicted molar refractivity (Wildman–Crippen MR) is 119 cm³/mol. The van der Waals surface area contributed by atoms with Gasteiger partial charge < -0.3 is 9.64 Å². The molecule has 2 aromatic carbocycles. The van der Waals surface area contributed by atoms with Gasteiger partial charge in [0.1, 0.15) is 5.75 Å². The fourth-order valence-corrected chi connectivity index (χ4v) is 4.31. The molecule has 0 unspecified atom stereocenters. The molecule has 158 valence electrons. The standard InChI is InChI=1S/C23H27ClN4O2/c1-26-11-13-27(14-12-26)16-23(29)28-21(17-7-3-5-9-19(17)24)15-20(25-28)18-8-4-6-10-22(18)30-2/h3-10,21H,11-16H2,1-2H3/t21-/m0/s1. The lowest BCUT2D eigenvalue weighted by Crippen LogP contribution is -2.48. The van der Waals surface area contributed by atoms with Gasteiger partial charge in [-0.25, -0.2) is 5.01 Å². The number of para-hydroxylation sites is 1. The molecule has 1 atom stereocenters. The maximum absolute atomic E-state index is 13.3. The van der Waals surface area contributed by atoms with Gasteiger partial charge in [-0.15, -0.1) is 0 Å². The summed E-state index contributed by atoms with van der Waals surface area (Å²) in [6.07, 6.45) is 0.596. The second-order valence-corrected chi connectivity index (χ2v) is 8.21. The SMILES string of the molecule is COc1ccccc1C1=NN(C(=O)CN2CCN(C)CC2)[C@H](c2ccccc2Cl)C1. The molecule has 30 heavy (non-hydrogen) atoms. The quantitative estimate of drug-likeness (QED) is 0.736. The van der Waals surface area contributed by atoms with E-state index >= 15 is 0 Å². The van der Waals surface area contributed by atoms with Gasteiger partial charge in [0.25, 0.3) is 5.91 Å². The van der Waals surface area contributed by atoms with Crippen LogP contribution in [0.25, 0.3) is 0 Å². The van der Waals surface area contributed by atoms with Crippen molar-refractivity contribution in [1.82, 2.24) is 14.8 Å². The number of hydrogen-bond donors (Lipinski definition) is 0. The number of benzene rings is 2. The third-order valence-electron chi connectivity index (χ3n) is 5.80. The Morgan fingerprint density at radius 2 is 1.80 bits per heavy atom. The van der Waals surface area contributed by atoms with Gasteiger partial charge >= 0.3 is 0 Å². The van der Waals surface area contributed by atoms with Crippen LogP contribution in [-0.4, -0.2) is 73.3 Å². The Bertz CT molecular complexity index is 940. The zero-order chi connectivity index (χ0) is 21.1. The Balaban J connectivity index is 1.63. The van der Waals surface area contributed by atoms with E-state index in [0.29, 0.717) is 18.0 Å². The van der Waals surface area contributed by atoms with Gasteiger partial charge in [-0.05, 0) is 30.8 Å². The number of hydrazone groups is 1. The van der Waals surface area contributed by atoms with E-state index in [1.807, 2.05) is 48.5 Å². The number of likely N-dealkylation sites (N-methyl/N-ethyl adjacent to an activating group) is 1. The molecular weight excluding hydrogens is 400 g/mol. The van der Waals surface area contributed by atoms with E-state index in [9.17, 15) is 4.79 Å². The fourth-order valence-electron chi connectivity index (χ4n) is 4.04. The van der Waals surface area contributed by atoms with Crippen LogP contribution in [0.3, 0.4) is 0 Å². The number of hydrogen-bond acceptors (Lipinski definition) is 5. The second kappa shape index (κ2) is 9.16. The van der Waals surface area contributed by atoms with Crippen molar-refractivity contribution in [2.45, 2.75) is 12.5 Å². The Morgan fingerprint density at radius 3 is 2.53 bits per heavy atom. The van der Waals surface area contributed by atoms with Crippen molar-refractivity contribution in [2.24, 2.45) is 5.10 Å². The average molecular weight is 427 g/mol. The number of ether oxygens (including phenoxy) is 1. The number of rotatable bonds is 5. The highest BCUT2D eigenvalue weighted by Crippen LogP contribution is 2.37. The van der Waals surface area contributed by atoms with Crippen LogP contribution in [0.5, 0.6) is 5.75 Å². The van der Waals surface area contributed by atoms with Crippen molar-refractivity contribution in [2.75, 3.05) is 46.9 Å². The van der Waals surface area contributed by atoms with Crippen LogP contribution in [0.1, 0.15) is 23.6 Å². The van der Waals surface area contributed by atoms with Crippen LogP contribution in [0.15, 0.2) is 53.6 Å². The summed E-state index contributed by atoms with van der Waals surface area (Å²) in [5.41, 5.74) is 2.66. The Labute approximate surface area is 182 Å². The largest absolute Gasteiger partial charge is 0.496 e. The van der Waals surface area contributed by atoms with E-state index in [1.54, 1.807) is 12.1 Å². The molecule has 1 fully saturated rings. The van der Waals surface area contributed by atoms with E-state index in [0.717, 1.165) is 48.8 Å². The molecule has 2 heterocycles. The number of methoxy groups -OCH3 is 1. The van der Waals surface area contributed by atoms with Crippen molar-refractivity contribution in [1.29, 1.82) is 0 Å². The van der Waals surface area contributed by atoms with E-state index < -0.39 is 0 Å². The molecule has 4 rings (SSSR count). The summed E-state index contributed by atoms with van der Waals surface area (Å²) in [5, 5.41) is 7.05. The van der Waals surface area contributed by atoms with Crippen LogP contribution >= 0.6 is 11.6 Å². The molecule has 2 aromatic rings. The van der Waals surface area contributed by atoms with Crippen LogP contribution in [0, 0.1) is 0 Å². The molecule has 0 aromatic heterocycles. The average Bonchev–Trinajstić information content (AvgIpc) is 3.21. The lowest BCUT2D eigenvalue weighted by molar-refractivity contribution is -0.134. The molecule has 0 saturated carbocycles. The van der Waals surface area contributed by atoms with Crippen molar-refractivity contribution in [3.8, 4) is 5.75 Å². The van der Waals surface area contributed by atoms with Crippen molar-refractivity contribution in [3.63, 3.8) is 0 Å². The van der Waals surface area contributed by atoms with E-state index in [1.165, 1.54) is 0 Å². The first-order valence-corrected chi connectivity index (χ1v) is 10.6. The van der Waals surface area contributed by atoms with Crippen molar-refractivity contribution < 1.29 is 9.53 Å². The first-order valence-electron chi connectivity index (χ1n) is 10.2. The van der Waals surface area contributed by atoms with Crippen LogP contribution in [-0.2, 0) is 4.79 Å². The molecule has 0 bridgehead atoms. The summed E-state index contributed by atoms with van der Waals surface area (Å²) in [7, 11) is 3.76. The minimum absolute atomic E-state index is 0.00521. The summed E-state index contributed by atoms with van der Waals surface area (Å²) in [6.45, 7) is 4.07. The van der Waals surface area contributed by atoms with E-state index in [-0.39, 0.29) is 11.9 Å². The molecule has 1 saturated heterocycles. The number of carbonyl (C=O) groups excluding carboxylic acids is 1.